The number of benzene rings is 12. The van der Waals surface area contributed by atoms with Crippen molar-refractivity contribution in [2.24, 2.45) is 0 Å². The molecule has 12 aromatic carbocycles. The van der Waals surface area contributed by atoms with Gasteiger partial charge >= 0.3 is 0 Å². The van der Waals surface area contributed by atoms with E-state index in [0.29, 0.717) is 10.9 Å². The van der Waals surface area contributed by atoms with Crippen molar-refractivity contribution in [2.45, 2.75) is 12.8 Å². The highest BCUT2D eigenvalue weighted by Gasteiger charge is 2.21. The van der Waals surface area contributed by atoms with Crippen LogP contribution in [-0.2, 0) is 0 Å². The fourth-order valence-electron chi connectivity index (χ4n) is 11.8. The van der Waals surface area contributed by atoms with E-state index in [0.717, 1.165) is 134 Å². The summed E-state index contributed by atoms with van der Waals surface area (Å²) in [5.74, 6) is 40.8. The van der Waals surface area contributed by atoms with E-state index in [1.807, 2.05) is 36.4 Å². The van der Waals surface area contributed by atoms with Gasteiger partial charge in [-0.1, -0.05) is 175 Å². The van der Waals surface area contributed by atoms with Gasteiger partial charge in [0, 0.05) is 97.7 Å². The molecule has 0 N–H and O–H groups in total. The van der Waals surface area contributed by atoms with Crippen molar-refractivity contribution in [3.63, 3.8) is 0 Å². The smallest absolute Gasteiger partial charge is 0.270 e. The van der Waals surface area contributed by atoms with Crippen molar-refractivity contribution in [2.75, 3.05) is 18.0 Å². The maximum atomic E-state index is 12.2. The average Bonchev–Trinajstić information content (AvgIpc) is 4.11. The number of nitrogens with zero attached hydrogens (tertiary/aromatic N) is 2. The minimum absolute atomic E-state index is 0.00173. The summed E-state index contributed by atoms with van der Waals surface area (Å²) in [6, 6.07) is 70.1. The molecule has 1 saturated heterocycles. The lowest BCUT2D eigenvalue weighted by Crippen LogP contribution is -2.17. The molecule has 0 aromatic heterocycles. The molecular formula is C76H42N2O2. The van der Waals surface area contributed by atoms with Crippen molar-refractivity contribution >= 4 is 76.0 Å². The number of fused-ring (bicyclic) bond motifs is 21. The molecule has 0 saturated carbocycles. The highest BCUT2D eigenvalue weighted by atomic mass is 16.6. The van der Waals surface area contributed by atoms with Gasteiger partial charge in [-0.05, 0) is 168 Å². The summed E-state index contributed by atoms with van der Waals surface area (Å²) in [4.78, 5) is 14.3. The van der Waals surface area contributed by atoms with E-state index in [1.54, 1.807) is 12.1 Å². The van der Waals surface area contributed by atoms with Gasteiger partial charge in [-0.25, -0.2) is 0 Å². The highest BCUT2D eigenvalue weighted by molar-refractivity contribution is 6.13. The summed E-state index contributed by atoms with van der Waals surface area (Å²) in [5, 5.41) is 24.2. The Balaban J connectivity index is 1.09. The summed E-state index contributed by atoms with van der Waals surface area (Å²) >= 11 is 0. The fraction of sp³-hybridized carbons (Fsp3) is 0.0526. The van der Waals surface area contributed by atoms with Gasteiger partial charge in [0.1, 0.15) is 0 Å². The van der Waals surface area contributed by atoms with E-state index in [2.05, 4.69) is 234 Å². The van der Waals surface area contributed by atoms with Crippen molar-refractivity contribution < 1.29 is 4.92 Å². The number of anilines is 1. The maximum Gasteiger partial charge on any atom is 0.270 e. The van der Waals surface area contributed by atoms with Gasteiger partial charge in [-0.15, -0.1) is 0 Å². The number of hydrogen-bond acceptors (Lipinski definition) is 3. The van der Waals surface area contributed by atoms with Crippen LogP contribution in [0, 0.1) is 81.2 Å². The van der Waals surface area contributed by atoms with E-state index in [1.165, 1.54) is 18.5 Å². The van der Waals surface area contributed by atoms with Gasteiger partial charge in [0.05, 0.1) is 4.92 Å². The Morgan fingerprint density at radius 1 is 0.312 bits per heavy atom. The zero-order valence-corrected chi connectivity index (χ0v) is 43.2. The SMILES string of the molecule is O=[N+]([O-])c1ccc2c3c(ccc2c1)C#CC#Cc1ccc2cc(N4CCCC4)ccc2c1-c1c(ccc2ccccc12)C#CC#Cc1ccc2ccccc2c1-c1c(ccc2ccccc12)C#CC#Cc1ccc2ccccc2c1-3. The van der Waals surface area contributed by atoms with Crippen LogP contribution in [0.5, 0.6) is 0 Å². The molecule has 12 aromatic rings. The molecule has 0 bridgehead atoms. The molecule has 2 aliphatic rings. The Bertz CT molecular complexity index is 5100. The minimum atomic E-state index is -0.362. The monoisotopic (exact) mass is 1010 g/mol. The third kappa shape index (κ3) is 8.46. The molecule has 0 unspecified atom stereocenters. The first-order valence-electron chi connectivity index (χ1n) is 26.7. The molecule has 1 aliphatic carbocycles. The van der Waals surface area contributed by atoms with E-state index in [-0.39, 0.29) is 10.6 Å². The largest absolute Gasteiger partial charge is 0.372 e. The van der Waals surface area contributed by atoms with Crippen LogP contribution in [-0.4, -0.2) is 18.0 Å². The molecule has 0 spiro atoms. The Morgan fingerprint density at radius 3 is 0.938 bits per heavy atom. The Labute approximate surface area is 463 Å². The molecule has 0 radical (unpaired) electrons. The highest BCUT2D eigenvalue weighted by Crippen LogP contribution is 2.43. The van der Waals surface area contributed by atoms with Crippen LogP contribution in [0.25, 0.3) is 98.0 Å². The zero-order valence-electron chi connectivity index (χ0n) is 43.2. The van der Waals surface area contributed by atoms with Crippen LogP contribution in [0.1, 0.15) is 46.2 Å². The molecule has 1 aliphatic heterocycles. The van der Waals surface area contributed by atoms with Crippen LogP contribution < -0.4 is 4.90 Å². The Hall–Kier alpha value is -11.2. The standard InChI is InChI=1S/C76H42N2O2/c79-78(80)64-44-46-70-62(50-64)42-40-60-26-6-5-25-59-39-41-61-49-63(77-47-15-16-48-77)43-45-69(61)75(59)73-57(37-33-53-19-9-13-29-67(53)73)23-3-1-21-55-35-31-51-17-7-11-27-65(51)71(55)72-56(36-32-52-18-8-12-28-66(52)72)22-2-4-24-58-38-34-54-20-10-14-30-68(54)74(58)76(60)70/h7-14,17-20,27-46,49-50H,15-16,47-48H2. The molecule has 1 heterocycles. The molecule has 368 valence electrons. The van der Waals surface area contributed by atoms with Crippen LogP contribution >= 0.6 is 0 Å². The lowest BCUT2D eigenvalue weighted by Gasteiger charge is -2.20. The van der Waals surface area contributed by atoms with Crippen molar-refractivity contribution in [3.8, 4) is 104 Å². The van der Waals surface area contributed by atoms with Gasteiger partial charge < -0.3 is 4.90 Å². The lowest BCUT2D eigenvalue weighted by molar-refractivity contribution is -0.384. The third-order valence-electron chi connectivity index (χ3n) is 15.5. The predicted octanol–water partition coefficient (Wildman–Crippen LogP) is 16.6. The molecule has 0 amide bonds. The second-order valence-corrected chi connectivity index (χ2v) is 20.1. The summed E-state index contributed by atoms with van der Waals surface area (Å²) in [5.41, 5.74) is 11.5. The van der Waals surface area contributed by atoms with E-state index >= 15 is 0 Å². The summed E-state index contributed by atoms with van der Waals surface area (Å²) in [6.45, 7) is 2.08. The molecule has 1 fully saturated rings. The van der Waals surface area contributed by atoms with Crippen molar-refractivity contribution in [1.29, 1.82) is 0 Å². The first-order chi connectivity index (χ1) is 39.5. The van der Waals surface area contributed by atoms with Gasteiger partial charge in [-0.3, -0.25) is 10.1 Å². The first-order valence-corrected chi connectivity index (χ1v) is 26.7. The van der Waals surface area contributed by atoms with E-state index in [4.69, 9.17) is 0 Å². The number of hydrogen-bond donors (Lipinski definition) is 0. The fourth-order valence-corrected chi connectivity index (χ4v) is 11.8. The van der Waals surface area contributed by atoms with Crippen molar-refractivity contribution in [1.82, 2.24) is 0 Å². The third-order valence-corrected chi connectivity index (χ3v) is 15.5. The first kappa shape index (κ1) is 47.2. The number of nitro benzene ring substituents is 1. The summed E-state index contributed by atoms with van der Waals surface area (Å²) in [6.07, 6.45) is 2.36. The Kier molecular flexibility index (Phi) is 11.8. The Morgan fingerprint density at radius 2 is 0.600 bits per heavy atom. The van der Waals surface area contributed by atoms with Gasteiger partial charge in [0.25, 0.3) is 5.69 Å². The molecule has 4 nitrogen and oxygen atoms in total. The average molecular weight is 1020 g/mol. The predicted molar refractivity (Wildman–Crippen MR) is 330 cm³/mol. The summed E-state index contributed by atoms with van der Waals surface area (Å²) in [7, 11) is 0. The second kappa shape index (κ2) is 20.0. The lowest BCUT2D eigenvalue weighted by atomic mass is 9.86. The van der Waals surface area contributed by atoms with Gasteiger partial charge in [0.15, 0.2) is 0 Å². The number of nitro groups is 1. The summed E-state index contributed by atoms with van der Waals surface area (Å²) < 4.78 is 0. The van der Waals surface area contributed by atoms with Gasteiger partial charge in [-0.2, -0.15) is 0 Å². The quantitative estimate of drug-likeness (QED) is 0.0985. The minimum Gasteiger partial charge on any atom is -0.372 e. The molecule has 80 heavy (non-hydrogen) atoms. The van der Waals surface area contributed by atoms with Crippen LogP contribution in [0.2, 0.25) is 0 Å². The molecular weight excluding hydrogens is 973 g/mol. The maximum absolute atomic E-state index is 12.2. The molecule has 14 rings (SSSR count). The van der Waals surface area contributed by atoms with Crippen LogP contribution in [0.15, 0.2) is 206 Å². The molecule has 0 atom stereocenters. The van der Waals surface area contributed by atoms with Crippen molar-refractivity contribution in [3.05, 3.63) is 250 Å². The number of non-ortho nitro benzene ring substituents is 1. The number of rotatable bonds is 2. The van der Waals surface area contributed by atoms with E-state index in [9.17, 15) is 10.1 Å². The zero-order chi connectivity index (χ0) is 53.5. The van der Waals surface area contributed by atoms with E-state index < -0.39 is 0 Å². The second-order valence-electron chi connectivity index (χ2n) is 20.1. The van der Waals surface area contributed by atoms with Crippen LogP contribution in [0.3, 0.4) is 0 Å². The molecule has 4 heteroatoms. The van der Waals surface area contributed by atoms with Gasteiger partial charge in [0.2, 0.25) is 0 Å². The van der Waals surface area contributed by atoms with Crippen LogP contribution in [0.4, 0.5) is 11.4 Å². The topological polar surface area (TPSA) is 46.4 Å². The normalized spacial score (nSPS) is 12.4.